The predicted molar refractivity (Wildman–Crippen MR) is 123 cm³/mol. The monoisotopic (exact) mass is 501 g/mol. The van der Waals surface area contributed by atoms with Gasteiger partial charge in [0.2, 0.25) is 26.0 Å². The molecule has 2 aromatic rings. The number of sulfonamides is 2. The first-order chi connectivity index (χ1) is 15.0. The fourth-order valence-electron chi connectivity index (χ4n) is 3.35. The summed E-state index contributed by atoms with van der Waals surface area (Å²) in [5.41, 5.74) is 0.395. The highest BCUT2D eigenvalue weighted by Crippen LogP contribution is 2.30. The first-order valence-corrected chi connectivity index (χ1v) is 13.4. The standard InChI is InChI=1S/C20H24ClN3O6S2/c1-30-19-10-9-17(32(28,29)23-11-3-4-12-23)13-18(19)22-20(25)14-24(31(2,26)27)16-7-5-15(21)6-8-16/h5-10,13H,3-4,11-12,14H2,1-2H3,(H,22,25). The number of hydrogen-bond acceptors (Lipinski definition) is 6. The number of halogens is 1. The molecule has 0 radical (unpaired) electrons. The van der Waals surface area contributed by atoms with Gasteiger partial charge in [0.25, 0.3) is 0 Å². The molecule has 0 aliphatic carbocycles. The van der Waals surface area contributed by atoms with Gasteiger partial charge in [-0.3, -0.25) is 9.10 Å². The lowest BCUT2D eigenvalue weighted by Gasteiger charge is -2.22. The van der Waals surface area contributed by atoms with Crippen molar-refractivity contribution < 1.29 is 26.4 Å². The maximum absolute atomic E-state index is 12.9. The number of carbonyl (C=O) groups excluding carboxylic acids is 1. The molecule has 3 rings (SSSR count). The average Bonchev–Trinajstić information content (AvgIpc) is 3.28. The van der Waals surface area contributed by atoms with E-state index in [9.17, 15) is 21.6 Å². The highest BCUT2D eigenvalue weighted by molar-refractivity contribution is 7.92. The number of nitrogens with zero attached hydrogens (tertiary/aromatic N) is 2. The van der Waals surface area contributed by atoms with E-state index in [1.165, 1.54) is 53.9 Å². The Bertz CT molecular complexity index is 1190. The Morgan fingerprint density at radius 3 is 2.28 bits per heavy atom. The number of hydrogen-bond donors (Lipinski definition) is 1. The van der Waals surface area contributed by atoms with Gasteiger partial charge in [0.05, 0.1) is 29.6 Å². The molecule has 12 heteroatoms. The number of nitrogens with one attached hydrogen (secondary N) is 1. The van der Waals surface area contributed by atoms with Gasteiger partial charge in [-0.15, -0.1) is 0 Å². The first kappa shape index (κ1) is 24.3. The Kier molecular flexibility index (Phi) is 7.33. The van der Waals surface area contributed by atoms with Crippen molar-refractivity contribution >= 4 is 48.9 Å². The number of methoxy groups -OCH3 is 1. The second-order valence-electron chi connectivity index (χ2n) is 7.27. The maximum Gasteiger partial charge on any atom is 0.245 e. The predicted octanol–water partition coefficient (Wildman–Crippen LogP) is 2.54. The Morgan fingerprint density at radius 2 is 1.72 bits per heavy atom. The third-order valence-electron chi connectivity index (χ3n) is 4.95. The molecule has 0 spiro atoms. The molecule has 1 heterocycles. The van der Waals surface area contributed by atoms with Crippen LogP contribution in [-0.4, -0.2) is 60.0 Å². The van der Waals surface area contributed by atoms with Crippen LogP contribution in [0.25, 0.3) is 0 Å². The van der Waals surface area contributed by atoms with Crippen LogP contribution in [-0.2, 0) is 24.8 Å². The minimum atomic E-state index is -3.78. The summed E-state index contributed by atoms with van der Waals surface area (Å²) in [4.78, 5) is 12.8. The lowest BCUT2D eigenvalue weighted by atomic mass is 10.3. The van der Waals surface area contributed by atoms with Crippen LogP contribution in [0.2, 0.25) is 5.02 Å². The van der Waals surface area contributed by atoms with Crippen LogP contribution in [0, 0.1) is 0 Å². The van der Waals surface area contributed by atoms with E-state index in [4.69, 9.17) is 16.3 Å². The van der Waals surface area contributed by atoms with Crippen molar-refractivity contribution in [2.45, 2.75) is 17.7 Å². The van der Waals surface area contributed by atoms with E-state index < -0.39 is 32.5 Å². The summed E-state index contributed by atoms with van der Waals surface area (Å²) >= 11 is 5.86. The van der Waals surface area contributed by atoms with Crippen molar-refractivity contribution in [3.05, 3.63) is 47.5 Å². The molecule has 1 aliphatic rings. The molecule has 1 aliphatic heterocycles. The molecule has 2 aromatic carbocycles. The molecule has 0 unspecified atom stereocenters. The van der Waals surface area contributed by atoms with Crippen LogP contribution in [0.15, 0.2) is 47.4 Å². The molecule has 0 bridgehead atoms. The van der Waals surface area contributed by atoms with Crippen LogP contribution in [0.1, 0.15) is 12.8 Å². The molecule has 32 heavy (non-hydrogen) atoms. The average molecular weight is 502 g/mol. The Labute approximate surface area is 193 Å². The van der Waals surface area contributed by atoms with E-state index >= 15 is 0 Å². The van der Waals surface area contributed by atoms with Gasteiger partial charge in [-0.1, -0.05) is 11.6 Å². The molecule has 0 aromatic heterocycles. The minimum absolute atomic E-state index is 0.0215. The quantitative estimate of drug-likeness (QED) is 0.594. The smallest absolute Gasteiger partial charge is 0.245 e. The van der Waals surface area contributed by atoms with Crippen LogP contribution in [0.4, 0.5) is 11.4 Å². The van der Waals surface area contributed by atoms with Gasteiger partial charge in [-0.2, -0.15) is 4.31 Å². The summed E-state index contributed by atoms with van der Waals surface area (Å²) in [7, 11) is -6.10. The zero-order valence-electron chi connectivity index (χ0n) is 17.6. The van der Waals surface area contributed by atoms with Gasteiger partial charge in [0, 0.05) is 18.1 Å². The van der Waals surface area contributed by atoms with Crippen LogP contribution in [0.3, 0.4) is 0 Å². The van der Waals surface area contributed by atoms with Gasteiger partial charge < -0.3 is 10.1 Å². The summed E-state index contributed by atoms with van der Waals surface area (Å²) in [5, 5.41) is 2.99. The summed E-state index contributed by atoms with van der Waals surface area (Å²) in [6.45, 7) is 0.369. The van der Waals surface area contributed by atoms with Gasteiger partial charge in [0.1, 0.15) is 12.3 Å². The zero-order valence-corrected chi connectivity index (χ0v) is 20.0. The fourth-order valence-corrected chi connectivity index (χ4v) is 5.88. The SMILES string of the molecule is COc1ccc(S(=O)(=O)N2CCCC2)cc1NC(=O)CN(c1ccc(Cl)cc1)S(C)(=O)=O. The summed E-state index contributed by atoms with van der Waals surface area (Å²) in [6, 6.07) is 10.2. The Hall–Kier alpha value is -2.34. The van der Waals surface area contributed by atoms with Crippen molar-refractivity contribution in [3.63, 3.8) is 0 Å². The molecular weight excluding hydrogens is 478 g/mol. The number of carbonyl (C=O) groups is 1. The maximum atomic E-state index is 12.9. The van der Waals surface area contributed by atoms with E-state index in [-0.39, 0.29) is 22.0 Å². The van der Waals surface area contributed by atoms with Crippen LogP contribution in [0.5, 0.6) is 5.75 Å². The Morgan fingerprint density at radius 1 is 1.09 bits per heavy atom. The van der Waals surface area contributed by atoms with Crippen molar-refractivity contribution in [2.24, 2.45) is 0 Å². The lowest BCUT2D eigenvalue weighted by Crippen LogP contribution is -2.37. The lowest BCUT2D eigenvalue weighted by molar-refractivity contribution is -0.114. The number of benzene rings is 2. The molecular formula is C20H24ClN3O6S2. The van der Waals surface area contributed by atoms with Gasteiger partial charge in [-0.25, -0.2) is 16.8 Å². The van der Waals surface area contributed by atoms with Crippen molar-refractivity contribution in [3.8, 4) is 5.75 Å². The molecule has 0 atom stereocenters. The number of anilines is 2. The van der Waals surface area contributed by atoms with Crippen molar-refractivity contribution in [1.29, 1.82) is 0 Å². The van der Waals surface area contributed by atoms with E-state index in [1.54, 1.807) is 0 Å². The largest absolute Gasteiger partial charge is 0.495 e. The van der Waals surface area contributed by atoms with E-state index in [1.807, 2.05) is 0 Å². The van der Waals surface area contributed by atoms with E-state index in [0.717, 1.165) is 23.4 Å². The van der Waals surface area contributed by atoms with Crippen LogP contribution < -0.4 is 14.4 Å². The fraction of sp³-hybridized carbons (Fsp3) is 0.350. The van der Waals surface area contributed by atoms with Crippen molar-refractivity contribution in [2.75, 3.05) is 42.6 Å². The second-order valence-corrected chi connectivity index (χ2v) is 11.5. The molecule has 1 N–H and O–H groups in total. The second kappa shape index (κ2) is 9.65. The third kappa shape index (κ3) is 5.52. The molecule has 1 saturated heterocycles. The summed E-state index contributed by atoms with van der Waals surface area (Å²) in [5.74, 6) is -0.421. The summed E-state index contributed by atoms with van der Waals surface area (Å²) in [6.07, 6.45) is 2.58. The van der Waals surface area contributed by atoms with E-state index in [2.05, 4.69) is 5.32 Å². The highest BCUT2D eigenvalue weighted by atomic mass is 35.5. The normalized spacial score (nSPS) is 14.8. The molecule has 1 amide bonds. The first-order valence-electron chi connectivity index (χ1n) is 9.73. The zero-order chi connectivity index (χ0) is 23.5. The molecule has 174 valence electrons. The summed E-state index contributed by atoms with van der Waals surface area (Å²) < 4.78 is 57.8. The number of ether oxygens (including phenoxy) is 1. The van der Waals surface area contributed by atoms with E-state index in [0.29, 0.717) is 18.1 Å². The van der Waals surface area contributed by atoms with Crippen molar-refractivity contribution in [1.82, 2.24) is 4.31 Å². The van der Waals surface area contributed by atoms with Gasteiger partial charge in [0.15, 0.2) is 0 Å². The molecule has 9 nitrogen and oxygen atoms in total. The number of amides is 1. The highest BCUT2D eigenvalue weighted by Gasteiger charge is 2.28. The Balaban J connectivity index is 1.86. The molecule has 1 fully saturated rings. The topological polar surface area (TPSA) is 113 Å². The van der Waals surface area contributed by atoms with Gasteiger partial charge in [-0.05, 0) is 55.3 Å². The number of rotatable bonds is 8. The van der Waals surface area contributed by atoms with Crippen LogP contribution >= 0.6 is 11.6 Å². The minimum Gasteiger partial charge on any atom is -0.495 e. The third-order valence-corrected chi connectivity index (χ3v) is 8.24. The van der Waals surface area contributed by atoms with Gasteiger partial charge >= 0.3 is 0 Å². The molecule has 0 saturated carbocycles.